The van der Waals surface area contributed by atoms with E-state index in [-0.39, 0.29) is 5.92 Å². The first-order chi connectivity index (χ1) is 13.3. The van der Waals surface area contributed by atoms with Gasteiger partial charge in [-0.05, 0) is 44.6 Å². The smallest absolute Gasteiger partial charge is 0.237 e. The molecule has 2 aliphatic carbocycles. The van der Waals surface area contributed by atoms with Gasteiger partial charge in [0.2, 0.25) is 5.88 Å². The molecule has 4 rings (SSSR count). The van der Waals surface area contributed by atoms with E-state index in [1.165, 1.54) is 19.3 Å². The second-order valence-corrected chi connectivity index (χ2v) is 8.25. The quantitative estimate of drug-likeness (QED) is 0.775. The summed E-state index contributed by atoms with van der Waals surface area (Å²) < 4.78 is 5.55. The van der Waals surface area contributed by atoms with Gasteiger partial charge >= 0.3 is 0 Å². The first-order valence-corrected chi connectivity index (χ1v) is 10.5. The van der Waals surface area contributed by atoms with Crippen LogP contribution in [-0.4, -0.2) is 61.5 Å². The Labute approximate surface area is 162 Å². The number of nitrogens with one attached hydrogen (secondary N) is 1. The highest BCUT2D eigenvalue weighted by Gasteiger charge is 2.29. The SMILES string of the molecule is COc1ncc(NC2CCC(C=O)CC2)cc1N1CCN(C2CCC2)CC1. The van der Waals surface area contributed by atoms with Gasteiger partial charge < -0.3 is 19.7 Å². The third kappa shape index (κ3) is 4.21. The lowest BCUT2D eigenvalue weighted by atomic mass is 9.87. The molecular formula is C21H32N4O2. The average Bonchev–Trinajstić information content (AvgIpc) is 2.68. The molecule has 1 aromatic heterocycles. The largest absolute Gasteiger partial charge is 0.480 e. The first-order valence-electron chi connectivity index (χ1n) is 10.5. The summed E-state index contributed by atoms with van der Waals surface area (Å²) in [4.78, 5) is 20.6. The van der Waals surface area contributed by atoms with Gasteiger partial charge in [-0.15, -0.1) is 0 Å². The number of aldehydes is 1. The molecule has 0 spiro atoms. The van der Waals surface area contributed by atoms with E-state index in [1.54, 1.807) is 7.11 Å². The fourth-order valence-electron chi connectivity index (χ4n) is 4.62. The topological polar surface area (TPSA) is 57.7 Å². The van der Waals surface area contributed by atoms with Crippen molar-refractivity contribution in [3.05, 3.63) is 12.3 Å². The molecule has 1 saturated heterocycles. The first kappa shape index (κ1) is 18.5. The molecular weight excluding hydrogens is 340 g/mol. The van der Waals surface area contributed by atoms with E-state index in [1.807, 2.05) is 6.20 Å². The Morgan fingerprint density at radius 2 is 1.85 bits per heavy atom. The number of anilines is 2. The third-order valence-electron chi connectivity index (χ3n) is 6.61. The number of aromatic nitrogens is 1. The molecule has 6 heteroatoms. The van der Waals surface area contributed by atoms with Crippen molar-refractivity contribution in [2.24, 2.45) is 5.92 Å². The van der Waals surface area contributed by atoms with Gasteiger partial charge in [-0.2, -0.15) is 0 Å². The van der Waals surface area contributed by atoms with Crippen molar-refractivity contribution in [1.29, 1.82) is 0 Å². The van der Waals surface area contributed by atoms with Crippen molar-refractivity contribution in [1.82, 2.24) is 9.88 Å². The van der Waals surface area contributed by atoms with E-state index in [0.29, 0.717) is 11.9 Å². The number of hydrogen-bond acceptors (Lipinski definition) is 6. The van der Waals surface area contributed by atoms with Crippen LogP contribution in [0.15, 0.2) is 12.3 Å². The Balaban J connectivity index is 1.39. The fraction of sp³-hybridized carbons (Fsp3) is 0.714. The van der Waals surface area contributed by atoms with E-state index < -0.39 is 0 Å². The van der Waals surface area contributed by atoms with Gasteiger partial charge in [0.1, 0.15) is 12.0 Å². The lowest BCUT2D eigenvalue weighted by Gasteiger charge is -2.43. The summed E-state index contributed by atoms with van der Waals surface area (Å²) in [5, 5.41) is 3.63. The van der Waals surface area contributed by atoms with Crippen molar-refractivity contribution < 1.29 is 9.53 Å². The van der Waals surface area contributed by atoms with Crippen molar-refractivity contribution >= 4 is 17.7 Å². The summed E-state index contributed by atoms with van der Waals surface area (Å²) in [6, 6.07) is 3.44. The van der Waals surface area contributed by atoms with Crippen molar-refractivity contribution in [3.8, 4) is 5.88 Å². The molecule has 1 aliphatic heterocycles. The minimum atomic E-state index is 0.250. The van der Waals surface area contributed by atoms with Crippen molar-refractivity contribution in [2.45, 2.75) is 57.0 Å². The molecule has 148 valence electrons. The predicted molar refractivity (Wildman–Crippen MR) is 108 cm³/mol. The molecule has 6 nitrogen and oxygen atoms in total. The molecule has 2 heterocycles. The van der Waals surface area contributed by atoms with Crippen molar-refractivity contribution in [2.75, 3.05) is 43.5 Å². The molecule has 3 aliphatic rings. The summed E-state index contributed by atoms with van der Waals surface area (Å²) >= 11 is 0. The van der Waals surface area contributed by atoms with E-state index in [0.717, 1.165) is 75.6 Å². The van der Waals surface area contributed by atoms with Gasteiger partial charge in [0, 0.05) is 44.2 Å². The minimum Gasteiger partial charge on any atom is -0.480 e. The fourth-order valence-corrected chi connectivity index (χ4v) is 4.62. The van der Waals surface area contributed by atoms with Crippen LogP contribution in [0, 0.1) is 5.92 Å². The van der Waals surface area contributed by atoms with E-state index in [2.05, 4.69) is 26.2 Å². The molecule has 27 heavy (non-hydrogen) atoms. The number of piperazine rings is 1. The van der Waals surface area contributed by atoms with Gasteiger partial charge in [-0.3, -0.25) is 4.90 Å². The number of rotatable bonds is 6. The van der Waals surface area contributed by atoms with Crippen LogP contribution in [0.2, 0.25) is 0 Å². The lowest BCUT2D eigenvalue weighted by molar-refractivity contribution is -0.111. The summed E-state index contributed by atoms with van der Waals surface area (Å²) in [6.07, 6.45) is 11.2. The zero-order valence-corrected chi connectivity index (χ0v) is 16.4. The predicted octanol–water partition coefficient (Wildman–Crippen LogP) is 2.93. The van der Waals surface area contributed by atoms with Crippen LogP contribution in [0.4, 0.5) is 11.4 Å². The number of ether oxygens (including phenoxy) is 1. The van der Waals surface area contributed by atoms with Crippen molar-refractivity contribution in [3.63, 3.8) is 0 Å². The number of carbonyl (C=O) groups is 1. The van der Waals surface area contributed by atoms with Crippen LogP contribution in [-0.2, 0) is 4.79 Å². The van der Waals surface area contributed by atoms with Gasteiger partial charge in [-0.25, -0.2) is 4.98 Å². The number of carbonyl (C=O) groups excluding carboxylic acids is 1. The molecule has 0 atom stereocenters. The molecule has 0 unspecified atom stereocenters. The summed E-state index contributed by atoms with van der Waals surface area (Å²) in [5.41, 5.74) is 2.15. The zero-order chi connectivity index (χ0) is 18.6. The summed E-state index contributed by atoms with van der Waals surface area (Å²) in [6.45, 7) is 4.31. The summed E-state index contributed by atoms with van der Waals surface area (Å²) in [7, 11) is 1.70. The van der Waals surface area contributed by atoms with Crippen LogP contribution in [0.1, 0.15) is 44.9 Å². The van der Waals surface area contributed by atoms with E-state index in [4.69, 9.17) is 4.74 Å². The molecule has 0 bridgehead atoms. The van der Waals surface area contributed by atoms with Crippen LogP contribution in [0.3, 0.4) is 0 Å². The Morgan fingerprint density at radius 1 is 1.11 bits per heavy atom. The number of pyridine rings is 1. The van der Waals surface area contributed by atoms with Gasteiger partial charge in [0.15, 0.2) is 0 Å². The average molecular weight is 373 g/mol. The van der Waals surface area contributed by atoms with Crippen LogP contribution < -0.4 is 15.0 Å². The van der Waals surface area contributed by atoms with E-state index in [9.17, 15) is 4.79 Å². The molecule has 0 radical (unpaired) electrons. The minimum absolute atomic E-state index is 0.250. The Hall–Kier alpha value is -1.82. The Morgan fingerprint density at radius 3 is 2.44 bits per heavy atom. The maximum absolute atomic E-state index is 10.9. The monoisotopic (exact) mass is 372 g/mol. The summed E-state index contributed by atoms with van der Waals surface area (Å²) in [5.74, 6) is 0.960. The third-order valence-corrected chi connectivity index (χ3v) is 6.61. The standard InChI is InChI=1S/C21H32N4O2/c1-27-21-20(25-11-9-24(10-12-25)19-3-2-4-19)13-18(14-22-21)23-17-7-5-16(15-26)6-8-17/h13-17,19,23H,2-12H2,1H3. The highest BCUT2D eigenvalue weighted by atomic mass is 16.5. The van der Waals surface area contributed by atoms with Crippen LogP contribution in [0.25, 0.3) is 0 Å². The lowest BCUT2D eigenvalue weighted by Crippen LogP contribution is -2.52. The maximum atomic E-state index is 10.9. The molecule has 2 saturated carbocycles. The number of hydrogen-bond donors (Lipinski definition) is 1. The van der Waals surface area contributed by atoms with Crippen LogP contribution in [0.5, 0.6) is 5.88 Å². The van der Waals surface area contributed by atoms with Gasteiger partial charge in [-0.1, -0.05) is 6.42 Å². The number of nitrogens with zero attached hydrogens (tertiary/aromatic N) is 3. The Bertz CT molecular complexity index is 633. The molecule has 1 N–H and O–H groups in total. The van der Waals surface area contributed by atoms with Gasteiger partial charge in [0.05, 0.1) is 19.0 Å². The maximum Gasteiger partial charge on any atom is 0.237 e. The molecule has 0 aromatic carbocycles. The molecule has 1 aromatic rings. The second-order valence-electron chi connectivity index (χ2n) is 8.25. The highest BCUT2D eigenvalue weighted by molar-refractivity contribution is 5.63. The van der Waals surface area contributed by atoms with Gasteiger partial charge in [0.25, 0.3) is 0 Å². The van der Waals surface area contributed by atoms with Crippen LogP contribution >= 0.6 is 0 Å². The number of methoxy groups -OCH3 is 1. The Kier molecular flexibility index (Phi) is 5.81. The van der Waals surface area contributed by atoms with E-state index >= 15 is 0 Å². The normalized spacial score (nSPS) is 27.1. The molecule has 3 fully saturated rings. The zero-order valence-electron chi connectivity index (χ0n) is 16.4. The highest BCUT2D eigenvalue weighted by Crippen LogP contribution is 2.33. The second kappa shape index (κ2) is 8.46. The molecule has 0 amide bonds.